The Balaban J connectivity index is 0.00000162. The van der Waals surface area contributed by atoms with Crippen molar-refractivity contribution in [3.63, 3.8) is 0 Å². The fourth-order valence-electron chi connectivity index (χ4n) is 2.24. The number of benzene rings is 1. The number of hydrogen-bond donors (Lipinski definition) is 1. The van der Waals surface area contributed by atoms with E-state index < -0.39 is 0 Å². The minimum absolute atomic E-state index is 0. The Morgan fingerprint density at radius 1 is 1.28 bits per heavy atom. The minimum Gasteiger partial charge on any atom is -0.493 e. The van der Waals surface area contributed by atoms with Crippen LogP contribution in [0.3, 0.4) is 0 Å². The van der Waals surface area contributed by atoms with E-state index in [9.17, 15) is 0 Å². The molecule has 5 heteroatoms. The van der Waals surface area contributed by atoms with Gasteiger partial charge in [0.05, 0.1) is 14.2 Å². The molecule has 1 aliphatic heterocycles. The number of ether oxygens (including phenoxy) is 2. The van der Waals surface area contributed by atoms with E-state index in [-0.39, 0.29) is 12.4 Å². The molecule has 0 spiro atoms. The van der Waals surface area contributed by atoms with E-state index in [1.165, 1.54) is 5.56 Å². The van der Waals surface area contributed by atoms with Crippen molar-refractivity contribution in [2.45, 2.75) is 19.0 Å². The standard InChI is InChI=1S/C13H20N2O2.ClH/c1-16-12-4-3-10(7-13(12)17-2)8-15-6-5-11(14)9-15;/h3-4,7,11H,5-6,8-9,14H2,1-2H3;1H/t11-;/m0./s1. The van der Waals surface area contributed by atoms with Gasteiger partial charge in [0.25, 0.3) is 0 Å². The maximum atomic E-state index is 5.89. The fraction of sp³-hybridized carbons (Fsp3) is 0.538. The second-order valence-electron chi connectivity index (χ2n) is 4.47. The van der Waals surface area contributed by atoms with Gasteiger partial charge in [-0.05, 0) is 24.1 Å². The van der Waals surface area contributed by atoms with Crippen molar-refractivity contribution >= 4 is 12.4 Å². The van der Waals surface area contributed by atoms with Gasteiger partial charge in [0.2, 0.25) is 0 Å². The number of hydrogen-bond acceptors (Lipinski definition) is 4. The van der Waals surface area contributed by atoms with E-state index in [2.05, 4.69) is 11.0 Å². The third-order valence-electron chi connectivity index (χ3n) is 3.16. The lowest BCUT2D eigenvalue weighted by Gasteiger charge is -2.16. The highest BCUT2D eigenvalue weighted by Crippen LogP contribution is 2.28. The van der Waals surface area contributed by atoms with Crippen LogP contribution < -0.4 is 15.2 Å². The smallest absolute Gasteiger partial charge is 0.161 e. The summed E-state index contributed by atoms with van der Waals surface area (Å²) in [5.41, 5.74) is 7.13. The number of halogens is 1. The number of nitrogens with zero attached hydrogens (tertiary/aromatic N) is 1. The zero-order valence-electron chi connectivity index (χ0n) is 10.9. The van der Waals surface area contributed by atoms with Gasteiger partial charge < -0.3 is 15.2 Å². The van der Waals surface area contributed by atoms with Crippen LogP contribution >= 0.6 is 12.4 Å². The van der Waals surface area contributed by atoms with Crippen molar-refractivity contribution < 1.29 is 9.47 Å². The summed E-state index contributed by atoms with van der Waals surface area (Å²) in [5, 5.41) is 0. The monoisotopic (exact) mass is 272 g/mol. The summed E-state index contributed by atoms with van der Waals surface area (Å²) in [7, 11) is 3.31. The van der Waals surface area contributed by atoms with Crippen LogP contribution in [0.2, 0.25) is 0 Å². The van der Waals surface area contributed by atoms with Gasteiger partial charge >= 0.3 is 0 Å². The Hall–Kier alpha value is -0.970. The summed E-state index contributed by atoms with van der Waals surface area (Å²) in [4.78, 5) is 2.37. The predicted molar refractivity (Wildman–Crippen MR) is 74.7 cm³/mol. The Bertz CT molecular complexity index is 387. The molecule has 0 radical (unpaired) electrons. The van der Waals surface area contributed by atoms with Crippen molar-refractivity contribution in [1.29, 1.82) is 0 Å². The normalized spacial score (nSPS) is 19.4. The highest BCUT2D eigenvalue weighted by Gasteiger charge is 2.19. The molecule has 0 aliphatic carbocycles. The van der Waals surface area contributed by atoms with Crippen LogP contribution in [0.15, 0.2) is 18.2 Å². The topological polar surface area (TPSA) is 47.7 Å². The van der Waals surface area contributed by atoms with Crippen LogP contribution in [-0.4, -0.2) is 38.3 Å². The van der Waals surface area contributed by atoms with E-state index in [4.69, 9.17) is 15.2 Å². The Morgan fingerprint density at radius 3 is 2.56 bits per heavy atom. The average Bonchev–Trinajstić information content (AvgIpc) is 2.74. The molecule has 102 valence electrons. The summed E-state index contributed by atoms with van der Waals surface area (Å²) in [5.74, 6) is 1.56. The van der Waals surface area contributed by atoms with Crippen LogP contribution in [0.25, 0.3) is 0 Å². The van der Waals surface area contributed by atoms with Crippen LogP contribution in [0.4, 0.5) is 0 Å². The van der Waals surface area contributed by atoms with Gasteiger partial charge in [-0.3, -0.25) is 4.90 Å². The van der Waals surface area contributed by atoms with Gasteiger partial charge in [0.15, 0.2) is 11.5 Å². The lowest BCUT2D eigenvalue weighted by molar-refractivity contribution is 0.323. The summed E-state index contributed by atoms with van der Waals surface area (Å²) in [6.45, 7) is 2.98. The number of nitrogens with two attached hydrogens (primary N) is 1. The third-order valence-corrected chi connectivity index (χ3v) is 3.16. The van der Waals surface area contributed by atoms with E-state index >= 15 is 0 Å². The summed E-state index contributed by atoms with van der Waals surface area (Å²) in [6.07, 6.45) is 1.09. The maximum absolute atomic E-state index is 5.89. The summed E-state index contributed by atoms with van der Waals surface area (Å²) >= 11 is 0. The molecule has 1 aromatic rings. The molecule has 0 saturated carbocycles. The molecule has 2 N–H and O–H groups in total. The number of methoxy groups -OCH3 is 2. The SMILES string of the molecule is COc1ccc(CN2CC[C@H](N)C2)cc1OC.Cl. The molecule has 4 nitrogen and oxygen atoms in total. The average molecular weight is 273 g/mol. The van der Waals surface area contributed by atoms with Crippen LogP contribution in [-0.2, 0) is 6.54 Å². The van der Waals surface area contributed by atoms with Crippen molar-refractivity contribution in [2.24, 2.45) is 5.73 Å². The predicted octanol–water partition coefficient (Wildman–Crippen LogP) is 1.66. The molecule has 0 aromatic heterocycles. The second-order valence-corrected chi connectivity index (χ2v) is 4.47. The van der Waals surface area contributed by atoms with Crippen molar-refractivity contribution in [3.8, 4) is 11.5 Å². The molecule has 2 rings (SSSR count). The first-order valence-corrected chi connectivity index (χ1v) is 5.91. The van der Waals surface area contributed by atoms with Gasteiger partial charge in [-0.25, -0.2) is 0 Å². The van der Waals surface area contributed by atoms with E-state index in [1.807, 2.05) is 12.1 Å². The Labute approximate surface area is 114 Å². The third kappa shape index (κ3) is 3.51. The van der Waals surface area contributed by atoms with Gasteiger partial charge in [-0.2, -0.15) is 0 Å². The minimum atomic E-state index is 0. The Morgan fingerprint density at radius 2 is 2.00 bits per heavy atom. The maximum Gasteiger partial charge on any atom is 0.161 e. The summed E-state index contributed by atoms with van der Waals surface area (Å²) < 4.78 is 10.5. The number of rotatable bonds is 4. The fourth-order valence-corrected chi connectivity index (χ4v) is 2.24. The molecule has 1 aromatic carbocycles. The number of likely N-dealkylation sites (tertiary alicyclic amines) is 1. The molecule has 0 amide bonds. The second kappa shape index (κ2) is 6.83. The molecule has 18 heavy (non-hydrogen) atoms. The van der Waals surface area contributed by atoms with Crippen LogP contribution in [0, 0.1) is 0 Å². The molecule has 0 bridgehead atoms. The molecular weight excluding hydrogens is 252 g/mol. The van der Waals surface area contributed by atoms with Gasteiger partial charge in [0, 0.05) is 25.7 Å². The van der Waals surface area contributed by atoms with Crippen molar-refractivity contribution in [1.82, 2.24) is 4.90 Å². The first-order valence-electron chi connectivity index (χ1n) is 5.91. The van der Waals surface area contributed by atoms with Gasteiger partial charge in [-0.15, -0.1) is 12.4 Å². The quantitative estimate of drug-likeness (QED) is 0.906. The molecule has 1 heterocycles. The first-order chi connectivity index (χ1) is 8.22. The van der Waals surface area contributed by atoms with E-state index in [0.29, 0.717) is 6.04 Å². The summed E-state index contributed by atoms with van der Waals surface area (Å²) in [6, 6.07) is 6.38. The first kappa shape index (κ1) is 15.1. The zero-order chi connectivity index (χ0) is 12.3. The lowest BCUT2D eigenvalue weighted by Crippen LogP contribution is -2.26. The largest absolute Gasteiger partial charge is 0.493 e. The Kier molecular flexibility index (Phi) is 5.72. The molecule has 1 fully saturated rings. The van der Waals surface area contributed by atoms with Crippen LogP contribution in [0.1, 0.15) is 12.0 Å². The van der Waals surface area contributed by atoms with Crippen molar-refractivity contribution in [3.05, 3.63) is 23.8 Å². The van der Waals surface area contributed by atoms with E-state index in [0.717, 1.165) is 37.6 Å². The lowest BCUT2D eigenvalue weighted by atomic mass is 10.2. The van der Waals surface area contributed by atoms with Crippen LogP contribution in [0.5, 0.6) is 11.5 Å². The van der Waals surface area contributed by atoms with E-state index in [1.54, 1.807) is 14.2 Å². The zero-order valence-corrected chi connectivity index (χ0v) is 11.7. The molecular formula is C13H21ClN2O2. The molecule has 1 saturated heterocycles. The molecule has 1 aliphatic rings. The van der Waals surface area contributed by atoms with Gasteiger partial charge in [0.1, 0.15) is 0 Å². The highest BCUT2D eigenvalue weighted by molar-refractivity contribution is 5.85. The van der Waals surface area contributed by atoms with Gasteiger partial charge in [-0.1, -0.05) is 6.07 Å². The molecule has 1 atom stereocenters. The molecule has 0 unspecified atom stereocenters. The van der Waals surface area contributed by atoms with Crippen molar-refractivity contribution in [2.75, 3.05) is 27.3 Å². The highest BCUT2D eigenvalue weighted by atomic mass is 35.5.